The number of rotatable bonds is 2. The maximum Gasteiger partial charge on any atom is 0.313 e. The molecule has 0 heterocycles. The molecule has 0 aromatic rings. The van der Waals surface area contributed by atoms with Gasteiger partial charge in [0.1, 0.15) is 9.75 Å². The minimum absolute atomic E-state index is 0.152. The number of halogens is 2. The van der Waals surface area contributed by atoms with E-state index in [9.17, 15) is 4.79 Å². The summed E-state index contributed by atoms with van der Waals surface area (Å²) in [6.45, 7) is 3.55. The van der Waals surface area contributed by atoms with E-state index in [-0.39, 0.29) is 5.92 Å². The zero-order valence-corrected chi connectivity index (χ0v) is 7.91. The minimum atomic E-state index is -1.06. The molecule has 0 bridgehead atoms. The molecular weight excluding hydrogens is 187 g/mol. The van der Waals surface area contributed by atoms with Gasteiger partial charge in [-0.2, -0.15) is 0 Å². The first-order valence-electron chi connectivity index (χ1n) is 3.52. The summed E-state index contributed by atoms with van der Waals surface area (Å²) in [5.41, 5.74) is -0.907. The van der Waals surface area contributed by atoms with Crippen LogP contribution in [0.25, 0.3) is 0 Å². The fourth-order valence-electron chi connectivity index (χ4n) is 1.66. The Bertz CT molecular complexity index is 203. The number of alkyl halides is 2. The van der Waals surface area contributed by atoms with Gasteiger partial charge in [-0.15, -0.1) is 23.2 Å². The highest BCUT2D eigenvalue weighted by molar-refractivity contribution is 6.53. The monoisotopic (exact) mass is 196 g/mol. The zero-order valence-electron chi connectivity index (χ0n) is 6.40. The van der Waals surface area contributed by atoms with Crippen molar-refractivity contribution in [1.29, 1.82) is 0 Å². The third-order valence-corrected chi connectivity index (χ3v) is 4.06. The van der Waals surface area contributed by atoms with E-state index >= 15 is 0 Å². The summed E-state index contributed by atoms with van der Waals surface area (Å²) >= 11 is 11.6. The van der Waals surface area contributed by atoms with E-state index in [0.717, 1.165) is 0 Å². The highest BCUT2D eigenvalue weighted by atomic mass is 35.5. The van der Waals surface area contributed by atoms with Crippen LogP contribution in [0.3, 0.4) is 0 Å². The van der Waals surface area contributed by atoms with Gasteiger partial charge in [-0.1, -0.05) is 13.8 Å². The maximum atomic E-state index is 10.8. The predicted octanol–water partition coefficient (Wildman–Crippen LogP) is 2.29. The Morgan fingerprint density at radius 2 is 2.00 bits per heavy atom. The van der Waals surface area contributed by atoms with Crippen molar-refractivity contribution < 1.29 is 9.90 Å². The molecule has 1 saturated carbocycles. The van der Waals surface area contributed by atoms with Crippen LogP contribution in [-0.2, 0) is 4.79 Å². The third kappa shape index (κ3) is 0.828. The number of carboxylic acid groups (broad SMARTS) is 1. The molecular formula is C7H10Cl2O2. The Labute approximate surface area is 75.5 Å². The van der Waals surface area contributed by atoms with Crippen molar-refractivity contribution in [1.82, 2.24) is 0 Å². The van der Waals surface area contributed by atoms with E-state index in [1.165, 1.54) is 0 Å². The quantitative estimate of drug-likeness (QED) is 0.689. The summed E-state index contributed by atoms with van der Waals surface area (Å²) in [7, 11) is 0. The van der Waals surface area contributed by atoms with Crippen LogP contribution in [0, 0.1) is 11.3 Å². The van der Waals surface area contributed by atoms with Crippen LogP contribution in [0.5, 0.6) is 0 Å². The van der Waals surface area contributed by atoms with Crippen molar-refractivity contribution >= 4 is 29.2 Å². The molecule has 0 spiro atoms. The third-order valence-electron chi connectivity index (χ3n) is 2.73. The molecule has 1 rings (SSSR count). The lowest BCUT2D eigenvalue weighted by molar-refractivity contribution is -0.144. The fourth-order valence-corrected chi connectivity index (χ4v) is 2.68. The van der Waals surface area contributed by atoms with Gasteiger partial charge in [0.2, 0.25) is 0 Å². The van der Waals surface area contributed by atoms with E-state index in [0.29, 0.717) is 6.42 Å². The highest BCUT2D eigenvalue weighted by Crippen LogP contribution is 2.70. The highest BCUT2D eigenvalue weighted by Gasteiger charge is 2.77. The van der Waals surface area contributed by atoms with Crippen molar-refractivity contribution in [2.45, 2.75) is 24.6 Å². The van der Waals surface area contributed by atoms with Crippen LogP contribution in [-0.4, -0.2) is 15.4 Å². The van der Waals surface area contributed by atoms with Gasteiger partial charge >= 0.3 is 5.97 Å². The molecule has 64 valence electrons. The van der Waals surface area contributed by atoms with Gasteiger partial charge in [0.05, 0.1) is 0 Å². The van der Waals surface area contributed by atoms with E-state index < -0.39 is 15.7 Å². The SMILES string of the molecule is CC[C@@]1(C(=O)O)C(C)C1(Cl)Cl. The average molecular weight is 197 g/mol. The zero-order chi connectivity index (χ0) is 8.86. The molecule has 1 N–H and O–H groups in total. The molecule has 2 atom stereocenters. The summed E-state index contributed by atoms with van der Waals surface area (Å²) < 4.78 is -1.06. The van der Waals surface area contributed by atoms with Crippen LogP contribution >= 0.6 is 23.2 Å². The normalized spacial score (nSPS) is 40.2. The van der Waals surface area contributed by atoms with Gasteiger partial charge in [-0.05, 0) is 6.42 Å². The first-order chi connectivity index (χ1) is 4.91. The number of carboxylic acids is 1. The Morgan fingerprint density at radius 1 is 1.64 bits per heavy atom. The first-order valence-corrected chi connectivity index (χ1v) is 4.28. The minimum Gasteiger partial charge on any atom is -0.481 e. The van der Waals surface area contributed by atoms with E-state index in [4.69, 9.17) is 28.3 Å². The molecule has 1 unspecified atom stereocenters. The second-order valence-electron chi connectivity index (χ2n) is 2.97. The second-order valence-corrected chi connectivity index (χ2v) is 4.36. The van der Waals surface area contributed by atoms with Gasteiger partial charge in [-0.3, -0.25) is 4.79 Å². The van der Waals surface area contributed by atoms with E-state index in [1.807, 2.05) is 0 Å². The van der Waals surface area contributed by atoms with Crippen LogP contribution in [0.4, 0.5) is 0 Å². The van der Waals surface area contributed by atoms with Gasteiger partial charge in [-0.25, -0.2) is 0 Å². The average Bonchev–Trinajstić information content (AvgIpc) is 2.30. The molecule has 1 fully saturated rings. The summed E-state index contributed by atoms with van der Waals surface area (Å²) in [5.74, 6) is -1.04. The summed E-state index contributed by atoms with van der Waals surface area (Å²) in [4.78, 5) is 10.8. The van der Waals surface area contributed by atoms with Crippen LogP contribution in [0.2, 0.25) is 0 Å². The second kappa shape index (κ2) is 2.27. The van der Waals surface area contributed by atoms with Crippen molar-refractivity contribution in [3.8, 4) is 0 Å². The molecule has 0 aromatic carbocycles. The lowest BCUT2D eigenvalue weighted by Crippen LogP contribution is -2.20. The molecule has 0 amide bonds. The topological polar surface area (TPSA) is 37.3 Å². The molecule has 4 heteroatoms. The molecule has 1 aliphatic carbocycles. The summed E-state index contributed by atoms with van der Waals surface area (Å²) in [6, 6.07) is 0. The summed E-state index contributed by atoms with van der Waals surface area (Å²) in [6.07, 6.45) is 0.483. The Balaban J connectivity index is 2.93. The van der Waals surface area contributed by atoms with Crippen molar-refractivity contribution in [2.75, 3.05) is 0 Å². The van der Waals surface area contributed by atoms with Gasteiger partial charge in [0, 0.05) is 5.92 Å². The van der Waals surface area contributed by atoms with Gasteiger partial charge in [0.25, 0.3) is 0 Å². The number of hydrogen-bond donors (Lipinski definition) is 1. The molecule has 1 aliphatic rings. The molecule has 0 saturated heterocycles. The van der Waals surface area contributed by atoms with E-state index in [1.54, 1.807) is 13.8 Å². The van der Waals surface area contributed by atoms with Gasteiger partial charge in [0.15, 0.2) is 0 Å². The number of aliphatic carboxylic acids is 1. The van der Waals surface area contributed by atoms with E-state index in [2.05, 4.69) is 0 Å². The standard InChI is InChI=1S/C7H10Cl2O2/c1-3-6(5(10)11)4(2)7(6,8)9/h4H,3H2,1-2H3,(H,10,11)/t4?,6-/m0/s1. The molecule has 0 aromatic heterocycles. The Kier molecular flexibility index (Phi) is 1.88. The van der Waals surface area contributed by atoms with Crippen LogP contribution in [0.1, 0.15) is 20.3 Å². The first kappa shape index (κ1) is 9.14. The molecule has 0 radical (unpaired) electrons. The smallest absolute Gasteiger partial charge is 0.313 e. The summed E-state index contributed by atoms with van der Waals surface area (Å²) in [5, 5.41) is 8.84. The van der Waals surface area contributed by atoms with Crippen molar-refractivity contribution in [2.24, 2.45) is 11.3 Å². The number of hydrogen-bond acceptors (Lipinski definition) is 1. The molecule has 2 nitrogen and oxygen atoms in total. The lowest BCUT2D eigenvalue weighted by atomic mass is 10.0. The lowest BCUT2D eigenvalue weighted by Gasteiger charge is -2.08. The van der Waals surface area contributed by atoms with Crippen LogP contribution < -0.4 is 0 Å². The Morgan fingerprint density at radius 3 is 2.00 bits per heavy atom. The fraction of sp³-hybridized carbons (Fsp3) is 0.857. The van der Waals surface area contributed by atoms with Gasteiger partial charge < -0.3 is 5.11 Å². The van der Waals surface area contributed by atoms with Crippen molar-refractivity contribution in [3.63, 3.8) is 0 Å². The Hall–Kier alpha value is 0.0500. The number of carbonyl (C=O) groups is 1. The largest absolute Gasteiger partial charge is 0.481 e. The van der Waals surface area contributed by atoms with Crippen LogP contribution in [0.15, 0.2) is 0 Å². The molecule has 0 aliphatic heterocycles. The van der Waals surface area contributed by atoms with Crippen molar-refractivity contribution in [3.05, 3.63) is 0 Å². The maximum absolute atomic E-state index is 10.8. The predicted molar refractivity (Wildman–Crippen MR) is 44.0 cm³/mol. The molecule has 11 heavy (non-hydrogen) atoms.